The van der Waals surface area contributed by atoms with Gasteiger partial charge >= 0.3 is 5.97 Å². The number of benzene rings is 1. The Bertz CT molecular complexity index is 800. The molecule has 0 spiro atoms. The highest BCUT2D eigenvalue weighted by Gasteiger charge is 2.17. The maximum absolute atomic E-state index is 11.8. The van der Waals surface area contributed by atoms with Crippen LogP contribution >= 0.6 is 11.8 Å². The van der Waals surface area contributed by atoms with Crippen LogP contribution in [0.3, 0.4) is 0 Å². The average Bonchev–Trinajstić information content (AvgIpc) is 2.91. The van der Waals surface area contributed by atoms with Crippen molar-refractivity contribution in [2.24, 2.45) is 0 Å². The van der Waals surface area contributed by atoms with Gasteiger partial charge in [0.25, 0.3) is 0 Å². The van der Waals surface area contributed by atoms with Crippen molar-refractivity contribution in [2.45, 2.75) is 12.1 Å². The van der Waals surface area contributed by atoms with E-state index in [-0.39, 0.29) is 5.69 Å². The smallest absolute Gasteiger partial charge is 0.359 e. The Morgan fingerprint density at radius 2 is 2.30 bits per heavy atom. The lowest BCUT2D eigenvalue weighted by molar-refractivity contribution is 0.0521. The zero-order chi connectivity index (χ0) is 14.1. The van der Waals surface area contributed by atoms with Crippen molar-refractivity contribution in [1.82, 2.24) is 20.2 Å². The quantitative estimate of drug-likeness (QED) is 0.453. The topological polar surface area (TPSA) is 80.8 Å². The molecule has 0 aliphatic heterocycles. The Morgan fingerprint density at radius 1 is 1.45 bits per heavy atom. The van der Waals surface area contributed by atoms with E-state index in [9.17, 15) is 4.79 Å². The summed E-state index contributed by atoms with van der Waals surface area (Å²) in [6.07, 6.45) is 3.68. The lowest BCUT2D eigenvalue weighted by Gasteiger charge is -2.01. The van der Waals surface area contributed by atoms with Crippen LogP contribution in [0.1, 0.15) is 17.4 Å². The van der Waals surface area contributed by atoms with Crippen LogP contribution in [0.15, 0.2) is 23.5 Å². The molecule has 0 bridgehead atoms. The van der Waals surface area contributed by atoms with Gasteiger partial charge in [-0.3, -0.25) is 5.10 Å². The monoisotopic (exact) mass is 288 g/mol. The number of hydrogen-bond acceptors (Lipinski definition) is 6. The van der Waals surface area contributed by atoms with E-state index in [1.54, 1.807) is 13.1 Å². The molecule has 0 aliphatic carbocycles. The minimum atomic E-state index is -0.433. The SMILES string of the molecule is CCOC(=O)c1n[nH]c2c1ccc1cnc(SC)nc12. The molecule has 3 aromatic rings. The fraction of sp³-hybridized carbons (Fsp3) is 0.231. The lowest BCUT2D eigenvalue weighted by Crippen LogP contribution is -2.05. The molecule has 0 saturated carbocycles. The first-order chi connectivity index (χ1) is 9.74. The largest absolute Gasteiger partial charge is 0.461 e. The van der Waals surface area contributed by atoms with Crippen molar-refractivity contribution in [3.8, 4) is 0 Å². The molecule has 0 saturated heterocycles. The van der Waals surface area contributed by atoms with Gasteiger partial charge in [-0.15, -0.1) is 0 Å². The number of H-pyrrole nitrogens is 1. The van der Waals surface area contributed by atoms with Crippen molar-refractivity contribution in [1.29, 1.82) is 0 Å². The Hall–Kier alpha value is -2.15. The molecular formula is C13H12N4O2S. The number of carbonyl (C=O) groups excluding carboxylic acids is 1. The molecule has 2 heterocycles. The summed E-state index contributed by atoms with van der Waals surface area (Å²) in [6.45, 7) is 2.08. The Labute approximate surface area is 118 Å². The zero-order valence-electron chi connectivity index (χ0n) is 11.0. The van der Waals surface area contributed by atoms with Crippen LogP contribution in [0, 0.1) is 0 Å². The van der Waals surface area contributed by atoms with Gasteiger partial charge in [-0.2, -0.15) is 5.10 Å². The van der Waals surface area contributed by atoms with Gasteiger partial charge in [0.05, 0.1) is 12.1 Å². The van der Waals surface area contributed by atoms with Gasteiger partial charge in [0.15, 0.2) is 10.9 Å². The van der Waals surface area contributed by atoms with E-state index in [4.69, 9.17) is 4.74 Å². The van der Waals surface area contributed by atoms with Crippen LogP contribution in [-0.4, -0.2) is 39.0 Å². The van der Waals surface area contributed by atoms with Crippen molar-refractivity contribution in [3.05, 3.63) is 24.0 Å². The molecule has 7 heteroatoms. The highest BCUT2D eigenvalue weighted by atomic mass is 32.2. The van der Waals surface area contributed by atoms with Crippen LogP contribution in [0.4, 0.5) is 0 Å². The minimum Gasteiger partial charge on any atom is -0.461 e. The molecule has 0 radical (unpaired) electrons. The van der Waals surface area contributed by atoms with Gasteiger partial charge in [0.2, 0.25) is 0 Å². The molecule has 20 heavy (non-hydrogen) atoms. The molecule has 0 unspecified atom stereocenters. The van der Waals surface area contributed by atoms with Crippen LogP contribution in [0.25, 0.3) is 21.8 Å². The number of rotatable bonds is 3. The summed E-state index contributed by atoms with van der Waals surface area (Å²) in [6, 6.07) is 3.70. The molecule has 1 aromatic carbocycles. The Balaban J connectivity index is 2.24. The van der Waals surface area contributed by atoms with Crippen LogP contribution < -0.4 is 0 Å². The summed E-state index contributed by atoms with van der Waals surface area (Å²) in [7, 11) is 0. The summed E-state index contributed by atoms with van der Waals surface area (Å²) < 4.78 is 4.99. The van der Waals surface area contributed by atoms with Gasteiger partial charge in [-0.25, -0.2) is 14.8 Å². The number of aromatic amines is 1. The first kappa shape index (κ1) is 12.9. The fourth-order valence-corrected chi connectivity index (χ4v) is 2.36. The molecule has 1 N–H and O–H groups in total. The lowest BCUT2D eigenvalue weighted by atomic mass is 10.1. The summed E-state index contributed by atoms with van der Waals surface area (Å²) in [4.78, 5) is 20.5. The summed E-state index contributed by atoms with van der Waals surface area (Å²) >= 11 is 1.47. The van der Waals surface area contributed by atoms with Crippen molar-refractivity contribution in [2.75, 3.05) is 12.9 Å². The number of nitrogens with one attached hydrogen (secondary N) is 1. The Morgan fingerprint density at radius 3 is 3.05 bits per heavy atom. The highest BCUT2D eigenvalue weighted by Crippen LogP contribution is 2.25. The number of nitrogens with zero attached hydrogens (tertiary/aromatic N) is 3. The van der Waals surface area contributed by atoms with Gasteiger partial charge in [0, 0.05) is 17.0 Å². The van der Waals surface area contributed by atoms with Gasteiger partial charge in [-0.1, -0.05) is 17.8 Å². The van der Waals surface area contributed by atoms with Crippen LogP contribution in [0.5, 0.6) is 0 Å². The van der Waals surface area contributed by atoms with E-state index in [1.807, 2.05) is 18.4 Å². The van der Waals surface area contributed by atoms with Crippen molar-refractivity contribution in [3.63, 3.8) is 0 Å². The second-order valence-corrected chi connectivity index (χ2v) is 4.85. The fourth-order valence-electron chi connectivity index (χ4n) is 2.02. The third-order valence-corrected chi connectivity index (χ3v) is 3.48. The zero-order valence-corrected chi connectivity index (χ0v) is 11.8. The molecule has 2 aromatic heterocycles. The number of aromatic nitrogens is 4. The molecule has 6 nitrogen and oxygen atoms in total. The first-order valence-corrected chi connectivity index (χ1v) is 7.32. The van der Waals surface area contributed by atoms with Gasteiger partial charge in [0.1, 0.15) is 5.52 Å². The molecule has 102 valence electrons. The van der Waals surface area contributed by atoms with Crippen molar-refractivity contribution >= 4 is 39.5 Å². The third kappa shape index (κ3) is 2.00. The number of ether oxygens (including phenoxy) is 1. The van der Waals surface area contributed by atoms with E-state index in [0.29, 0.717) is 17.1 Å². The van der Waals surface area contributed by atoms with Crippen LogP contribution in [-0.2, 0) is 4.74 Å². The summed E-state index contributed by atoms with van der Waals surface area (Å²) in [5, 5.41) is 9.21. The number of fused-ring (bicyclic) bond motifs is 3. The molecule has 0 fully saturated rings. The highest BCUT2D eigenvalue weighted by molar-refractivity contribution is 7.98. The number of thioether (sulfide) groups is 1. The van der Waals surface area contributed by atoms with E-state index >= 15 is 0 Å². The first-order valence-electron chi connectivity index (χ1n) is 6.09. The van der Waals surface area contributed by atoms with E-state index in [2.05, 4.69) is 20.2 Å². The minimum absolute atomic E-state index is 0.285. The van der Waals surface area contributed by atoms with Crippen LogP contribution in [0.2, 0.25) is 0 Å². The summed E-state index contributed by atoms with van der Waals surface area (Å²) in [5.41, 5.74) is 1.77. The van der Waals surface area contributed by atoms with E-state index in [0.717, 1.165) is 16.4 Å². The second-order valence-electron chi connectivity index (χ2n) is 4.08. The standard InChI is InChI=1S/C13H12N4O2S/c1-3-19-12(18)11-8-5-4-7-6-14-13(20-2)15-9(7)10(8)16-17-11/h4-6H,3H2,1-2H3,(H,16,17). The molecular weight excluding hydrogens is 276 g/mol. The number of carbonyl (C=O) groups is 1. The predicted molar refractivity (Wildman–Crippen MR) is 76.9 cm³/mol. The number of hydrogen-bond donors (Lipinski definition) is 1. The van der Waals surface area contributed by atoms with Crippen molar-refractivity contribution < 1.29 is 9.53 Å². The number of esters is 1. The average molecular weight is 288 g/mol. The maximum atomic E-state index is 11.8. The van der Waals surface area contributed by atoms with Gasteiger partial charge < -0.3 is 4.74 Å². The third-order valence-electron chi connectivity index (χ3n) is 2.92. The van der Waals surface area contributed by atoms with E-state index in [1.165, 1.54) is 11.8 Å². The predicted octanol–water partition coefficient (Wildman–Crippen LogP) is 2.40. The maximum Gasteiger partial charge on any atom is 0.359 e. The molecule has 3 rings (SSSR count). The Kier molecular flexibility index (Phi) is 3.27. The van der Waals surface area contributed by atoms with E-state index < -0.39 is 5.97 Å². The second kappa shape index (κ2) is 5.09. The summed E-state index contributed by atoms with van der Waals surface area (Å²) in [5.74, 6) is -0.433. The van der Waals surface area contributed by atoms with Gasteiger partial charge in [-0.05, 0) is 19.2 Å². The normalized spacial score (nSPS) is 11.1. The molecule has 0 aliphatic rings. The molecule has 0 amide bonds. The molecule has 0 atom stereocenters.